The summed E-state index contributed by atoms with van der Waals surface area (Å²) in [5, 5.41) is 9.83. The molecular formula is C14H21ClO5. The third-order valence-electron chi connectivity index (χ3n) is 2.60. The lowest BCUT2D eigenvalue weighted by molar-refractivity contribution is 0.0641. The van der Waals surface area contributed by atoms with Crippen molar-refractivity contribution in [3.63, 3.8) is 0 Å². The number of ether oxygens (including phenoxy) is 4. The second kappa shape index (κ2) is 9.83. The molecule has 6 heteroatoms. The summed E-state index contributed by atoms with van der Waals surface area (Å²) >= 11 is 5.93. The summed E-state index contributed by atoms with van der Waals surface area (Å²) in [6.07, 6.45) is 0.736. The number of methoxy groups -OCH3 is 2. The smallest absolute Gasteiger partial charge is 0.166 e. The molecule has 5 nitrogen and oxygen atoms in total. The zero-order valence-corrected chi connectivity index (χ0v) is 12.6. The quantitative estimate of drug-likeness (QED) is 0.672. The zero-order chi connectivity index (χ0) is 14.8. The summed E-state index contributed by atoms with van der Waals surface area (Å²) in [7, 11) is 3.17. The highest BCUT2D eigenvalue weighted by Gasteiger charge is 2.12. The highest BCUT2D eigenvalue weighted by atomic mass is 35.5. The summed E-state index contributed by atoms with van der Waals surface area (Å²) in [5.74, 6) is 1.04. The van der Waals surface area contributed by atoms with Crippen molar-refractivity contribution in [1.82, 2.24) is 0 Å². The van der Waals surface area contributed by atoms with E-state index >= 15 is 0 Å². The number of hydrogen-bond acceptors (Lipinski definition) is 5. The lowest BCUT2D eigenvalue weighted by Gasteiger charge is -2.14. The Bertz CT molecular complexity index is 372. The molecule has 0 amide bonds. The fraction of sp³-hybridized carbons (Fsp3) is 0.571. The van der Waals surface area contributed by atoms with Gasteiger partial charge in [0.2, 0.25) is 0 Å². The van der Waals surface area contributed by atoms with Crippen LogP contribution in [0.15, 0.2) is 12.1 Å². The molecule has 1 aromatic carbocycles. The molecule has 1 rings (SSSR count). The Balaban J connectivity index is 2.46. The maximum Gasteiger partial charge on any atom is 0.166 e. The van der Waals surface area contributed by atoms with E-state index in [1.807, 2.05) is 0 Å². The minimum absolute atomic E-state index is 0.156. The van der Waals surface area contributed by atoms with Crippen LogP contribution in [-0.2, 0) is 16.1 Å². The van der Waals surface area contributed by atoms with E-state index in [1.54, 1.807) is 19.2 Å². The third kappa shape index (κ3) is 5.54. The minimum atomic E-state index is -0.156. The molecule has 0 radical (unpaired) electrons. The van der Waals surface area contributed by atoms with Crippen molar-refractivity contribution >= 4 is 11.6 Å². The van der Waals surface area contributed by atoms with Gasteiger partial charge < -0.3 is 24.1 Å². The Labute approximate surface area is 124 Å². The highest BCUT2D eigenvalue weighted by molar-refractivity contribution is 6.30. The number of rotatable bonds is 10. The monoisotopic (exact) mass is 304 g/mol. The lowest BCUT2D eigenvalue weighted by Crippen LogP contribution is -2.08. The molecule has 0 aliphatic rings. The zero-order valence-electron chi connectivity index (χ0n) is 11.9. The molecule has 0 saturated carbocycles. The van der Waals surface area contributed by atoms with Gasteiger partial charge in [0, 0.05) is 36.8 Å². The van der Waals surface area contributed by atoms with E-state index in [2.05, 4.69) is 0 Å². The second-order valence-electron chi connectivity index (χ2n) is 4.06. The summed E-state index contributed by atoms with van der Waals surface area (Å²) in [6, 6.07) is 3.32. The topological polar surface area (TPSA) is 57.2 Å². The van der Waals surface area contributed by atoms with Crippen LogP contribution in [0.25, 0.3) is 0 Å². The van der Waals surface area contributed by atoms with Gasteiger partial charge in [0.15, 0.2) is 11.5 Å². The van der Waals surface area contributed by atoms with Gasteiger partial charge >= 0.3 is 0 Å². The number of hydrogen-bond donors (Lipinski definition) is 1. The van der Waals surface area contributed by atoms with E-state index in [4.69, 9.17) is 30.5 Å². The van der Waals surface area contributed by atoms with Crippen LogP contribution in [0.3, 0.4) is 0 Å². The van der Waals surface area contributed by atoms with Gasteiger partial charge in [0.05, 0.1) is 33.5 Å². The van der Waals surface area contributed by atoms with E-state index < -0.39 is 0 Å². The van der Waals surface area contributed by atoms with Crippen molar-refractivity contribution in [1.29, 1.82) is 0 Å². The Morgan fingerprint density at radius 2 is 1.90 bits per heavy atom. The average molecular weight is 305 g/mol. The molecular weight excluding hydrogens is 284 g/mol. The largest absolute Gasteiger partial charge is 0.493 e. The SMILES string of the molecule is COCCOCCCOc1c(CO)cc(Cl)cc1OC. The molecule has 0 aliphatic heterocycles. The van der Waals surface area contributed by atoms with Crippen molar-refractivity contribution < 1.29 is 24.1 Å². The Hall–Kier alpha value is -1.01. The Kier molecular flexibility index (Phi) is 8.37. The molecule has 0 unspecified atom stereocenters. The van der Waals surface area contributed by atoms with Crippen molar-refractivity contribution in [3.8, 4) is 11.5 Å². The lowest BCUT2D eigenvalue weighted by atomic mass is 10.2. The van der Waals surface area contributed by atoms with Gasteiger partial charge in [0.25, 0.3) is 0 Å². The number of benzene rings is 1. The number of aliphatic hydroxyl groups is 1. The van der Waals surface area contributed by atoms with Crippen LogP contribution in [0.5, 0.6) is 11.5 Å². The molecule has 0 atom stereocenters. The molecule has 1 aromatic rings. The first-order valence-corrected chi connectivity index (χ1v) is 6.77. The molecule has 0 heterocycles. The number of aliphatic hydroxyl groups excluding tert-OH is 1. The highest BCUT2D eigenvalue weighted by Crippen LogP contribution is 2.34. The van der Waals surface area contributed by atoms with Gasteiger partial charge in [-0.2, -0.15) is 0 Å². The van der Waals surface area contributed by atoms with Gasteiger partial charge in [-0.15, -0.1) is 0 Å². The molecule has 114 valence electrons. The molecule has 0 fully saturated rings. The number of halogens is 1. The van der Waals surface area contributed by atoms with Crippen LogP contribution in [-0.4, -0.2) is 45.8 Å². The fourth-order valence-electron chi connectivity index (χ4n) is 1.64. The normalized spacial score (nSPS) is 10.6. The van der Waals surface area contributed by atoms with Crippen LogP contribution in [0.4, 0.5) is 0 Å². The van der Waals surface area contributed by atoms with Crippen molar-refractivity contribution in [3.05, 3.63) is 22.7 Å². The van der Waals surface area contributed by atoms with Crippen molar-refractivity contribution in [2.24, 2.45) is 0 Å². The first-order chi connectivity index (χ1) is 9.72. The van der Waals surface area contributed by atoms with Crippen LogP contribution >= 0.6 is 11.6 Å². The maximum atomic E-state index is 9.33. The van der Waals surface area contributed by atoms with Gasteiger partial charge in [-0.25, -0.2) is 0 Å². The Morgan fingerprint density at radius 1 is 1.10 bits per heavy atom. The molecule has 0 bridgehead atoms. The average Bonchev–Trinajstić information content (AvgIpc) is 2.46. The van der Waals surface area contributed by atoms with Crippen LogP contribution in [0.1, 0.15) is 12.0 Å². The predicted molar refractivity (Wildman–Crippen MR) is 76.7 cm³/mol. The predicted octanol–water partition coefficient (Wildman–Crippen LogP) is 2.27. The van der Waals surface area contributed by atoms with E-state index in [0.29, 0.717) is 48.5 Å². The molecule has 0 saturated heterocycles. The summed E-state index contributed by atoms with van der Waals surface area (Å²) in [6.45, 7) is 2.06. The summed E-state index contributed by atoms with van der Waals surface area (Å²) in [4.78, 5) is 0. The first-order valence-electron chi connectivity index (χ1n) is 6.39. The van der Waals surface area contributed by atoms with Crippen molar-refractivity contribution in [2.45, 2.75) is 13.0 Å². The molecule has 1 N–H and O–H groups in total. The molecule has 0 aliphatic carbocycles. The molecule has 0 spiro atoms. The summed E-state index contributed by atoms with van der Waals surface area (Å²) < 4.78 is 21.1. The van der Waals surface area contributed by atoms with E-state index in [0.717, 1.165) is 6.42 Å². The Morgan fingerprint density at radius 3 is 2.55 bits per heavy atom. The fourth-order valence-corrected chi connectivity index (χ4v) is 1.87. The van der Waals surface area contributed by atoms with Crippen LogP contribution in [0, 0.1) is 0 Å². The first kappa shape index (κ1) is 17.0. The van der Waals surface area contributed by atoms with Gasteiger partial charge in [-0.1, -0.05) is 11.6 Å². The summed E-state index contributed by atoms with van der Waals surface area (Å²) in [5.41, 5.74) is 0.606. The van der Waals surface area contributed by atoms with Gasteiger partial charge in [-0.3, -0.25) is 0 Å². The van der Waals surface area contributed by atoms with Crippen LogP contribution in [0.2, 0.25) is 5.02 Å². The molecule has 0 aromatic heterocycles. The van der Waals surface area contributed by atoms with Gasteiger partial charge in [-0.05, 0) is 6.07 Å². The standard InChI is InChI=1S/C14H21ClO5/c1-17-6-7-19-4-3-5-20-14-11(10-16)8-12(15)9-13(14)18-2/h8-9,16H,3-7,10H2,1-2H3. The van der Waals surface area contributed by atoms with Crippen molar-refractivity contribution in [2.75, 3.05) is 40.6 Å². The van der Waals surface area contributed by atoms with E-state index in [1.165, 1.54) is 7.11 Å². The van der Waals surface area contributed by atoms with Gasteiger partial charge in [0.1, 0.15) is 0 Å². The molecule has 20 heavy (non-hydrogen) atoms. The third-order valence-corrected chi connectivity index (χ3v) is 2.82. The van der Waals surface area contributed by atoms with Crippen LogP contribution < -0.4 is 9.47 Å². The second-order valence-corrected chi connectivity index (χ2v) is 4.50. The minimum Gasteiger partial charge on any atom is -0.493 e. The van der Waals surface area contributed by atoms with E-state index in [9.17, 15) is 5.11 Å². The maximum absolute atomic E-state index is 9.33. The van der Waals surface area contributed by atoms with E-state index in [-0.39, 0.29) is 6.61 Å².